The van der Waals surface area contributed by atoms with Crippen molar-refractivity contribution in [1.82, 2.24) is 0 Å². The molecule has 7 heteroatoms. The lowest BCUT2D eigenvalue weighted by atomic mass is 10.1. The highest BCUT2D eigenvalue weighted by atomic mass is 16.9. The Morgan fingerprint density at radius 2 is 1.41 bits per heavy atom. The molecule has 2 N–H and O–H groups in total. The van der Waals surface area contributed by atoms with Crippen LogP contribution in [0.15, 0.2) is 30.3 Å². The van der Waals surface area contributed by atoms with Crippen LogP contribution in [0.2, 0.25) is 0 Å². The number of hydrogen-bond acceptors (Lipinski definition) is 4. The molecule has 0 heterocycles. The summed E-state index contributed by atoms with van der Waals surface area (Å²) >= 11 is 0. The lowest BCUT2D eigenvalue weighted by Crippen LogP contribution is -1.93. The normalized spacial score (nSPS) is 9.30. The van der Waals surface area contributed by atoms with E-state index in [1.54, 1.807) is 7.11 Å². The average molecular weight is 390 g/mol. The molecule has 1 aromatic rings. The fourth-order valence-corrected chi connectivity index (χ4v) is 1.36. The number of carboxylic acids is 1. The fraction of sp³-hybridized carbons (Fsp3) is 0.650. The number of unbranched alkanes of at least 4 members (excludes halogenated alkanes) is 3. The van der Waals surface area contributed by atoms with Gasteiger partial charge in [0.1, 0.15) is 0 Å². The topological polar surface area (TPSA) is 110 Å². The van der Waals surface area contributed by atoms with Crippen LogP contribution in [0.1, 0.15) is 85.3 Å². The minimum atomic E-state index is -1.50. The highest BCUT2D eigenvalue weighted by molar-refractivity contribution is 5.62. The summed E-state index contributed by atoms with van der Waals surface area (Å²) < 4.78 is 5.14. The predicted molar refractivity (Wildman–Crippen MR) is 110 cm³/mol. The molecule has 0 spiro atoms. The van der Waals surface area contributed by atoms with Crippen LogP contribution >= 0.6 is 0 Å². The number of methoxy groups -OCH3 is 1. The molecule has 27 heavy (non-hydrogen) atoms. The van der Waals surface area contributed by atoms with Gasteiger partial charge in [0.25, 0.3) is 11.1 Å². The van der Waals surface area contributed by atoms with Crippen molar-refractivity contribution in [3.8, 4) is 0 Å². The number of carboxylic acid groups (broad SMARTS) is 1. The van der Waals surface area contributed by atoms with Crippen LogP contribution in [0.5, 0.6) is 0 Å². The molecule has 0 aliphatic carbocycles. The summed E-state index contributed by atoms with van der Waals surface area (Å²) in [5, 5.41) is 21.1. The first-order chi connectivity index (χ1) is 12.6. The van der Waals surface area contributed by atoms with Crippen molar-refractivity contribution in [3.63, 3.8) is 0 Å². The Morgan fingerprint density at radius 3 is 1.63 bits per heavy atom. The summed E-state index contributed by atoms with van der Waals surface area (Å²) in [5.41, 5.74) is 1.23. The van der Waals surface area contributed by atoms with Gasteiger partial charge in [-0.15, -0.1) is 10.1 Å². The number of aliphatic carboxylic acids is 1. The quantitative estimate of drug-likeness (QED) is 0.355. The van der Waals surface area contributed by atoms with Crippen molar-refractivity contribution in [1.29, 1.82) is 0 Å². The number of carbonyl (C=O) groups is 1. The number of nitrogens with zero attached hydrogens (tertiary/aromatic N) is 1. The molecule has 1 rings (SSSR count). The van der Waals surface area contributed by atoms with Crippen molar-refractivity contribution in [3.05, 3.63) is 46.0 Å². The number of ether oxygens (including phenoxy) is 1. The van der Waals surface area contributed by atoms with Gasteiger partial charge in [0.05, 0.1) is 6.10 Å². The van der Waals surface area contributed by atoms with E-state index in [9.17, 15) is 0 Å². The lowest BCUT2D eigenvalue weighted by molar-refractivity contribution is -0.742. The summed E-state index contributed by atoms with van der Waals surface area (Å²) in [6, 6.07) is 10.2. The molecule has 7 nitrogen and oxygen atoms in total. The third-order valence-electron chi connectivity index (χ3n) is 2.58. The Balaban J connectivity index is -0.000000135. The van der Waals surface area contributed by atoms with Crippen LogP contribution in [0.25, 0.3) is 0 Å². The maximum absolute atomic E-state index is 9.00. The van der Waals surface area contributed by atoms with Gasteiger partial charge >= 0.3 is 0 Å². The standard InChI is InChI=1S/C9H12O.C6H14.C3H8.C2H4O2.HNO3/c1-8(10-2)9-6-4-3-5-7-9;1-3-5-6-4-2;1-3-2;1-2(3)4;2-1(3)4/h3-8H,1-2H3;3-6H2,1-2H3;3H2,1-2H3;1H3,(H,3,4);(H,2,3,4). The van der Waals surface area contributed by atoms with Gasteiger partial charge in [0.2, 0.25) is 0 Å². The molecule has 0 amide bonds. The summed E-state index contributed by atoms with van der Waals surface area (Å²) in [5.74, 6) is -0.833. The highest BCUT2D eigenvalue weighted by Gasteiger charge is 1.99. The zero-order valence-corrected chi connectivity index (χ0v) is 18.0. The maximum atomic E-state index is 9.00. The number of benzene rings is 1. The van der Waals surface area contributed by atoms with Gasteiger partial charge < -0.3 is 15.1 Å². The second-order valence-corrected chi connectivity index (χ2v) is 5.46. The summed E-state index contributed by atoms with van der Waals surface area (Å²) in [6.45, 7) is 11.8. The Labute approximate surface area is 164 Å². The van der Waals surface area contributed by atoms with E-state index < -0.39 is 11.1 Å². The smallest absolute Gasteiger partial charge is 0.300 e. The van der Waals surface area contributed by atoms with Crippen LogP contribution in [-0.4, -0.2) is 28.5 Å². The molecule has 1 aromatic carbocycles. The third-order valence-corrected chi connectivity index (χ3v) is 2.58. The first kappa shape index (κ1) is 32.5. The molecule has 0 saturated carbocycles. The Bertz CT molecular complexity index is 388. The van der Waals surface area contributed by atoms with E-state index in [0.717, 1.165) is 6.92 Å². The van der Waals surface area contributed by atoms with Gasteiger partial charge in [-0.3, -0.25) is 4.79 Å². The van der Waals surface area contributed by atoms with Crippen molar-refractivity contribution < 1.29 is 24.9 Å². The van der Waals surface area contributed by atoms with Crippen LogP contribution in [-0.2, 0) is 9.53 Å². The van der Waals surface area contributed by atoms with Crippen LogP contribution in [0.3, 0.4) is 0 Å². The van der Waals surface area contributed by atoms with Gasteiger partial charge in [0.15, 0.2) is 0 Å². The minimum Gasteiger partial charge on any atom is -0.481 e. The average Bonchev–Trinajstić information content (AvgIpc) is 2.60. The monoisotopic (exact) mass is 389 g/mol. The molecule has 0 fully saturated rings. The van der Waals surface area contributed by atoms with E-state index in [-0.39, 0.29) is 6.10 Å². The molecule has 0 bridgehead atoms. The van der Waals surface area contributed by atoms with Gasteiger partial charge in [-0.25, -0.2) is 0 Å². The van der Waals surface area contributed by atoms with Crippen molar-refractivity contribution in [2.75, 3.05) is 7.11 Å². The van der Waals surface area contributed by atoms with E-state index in [1.165, 1.54) is 37.7 Å². The molecule has 1 atom stereocenters. The number of rotatable bonds is 5. The van der Waals surface area contributed by atoms with Gasteiger partial charge in [-0.05, 0) is 12.5 Å². The Morgan fingerprint density at radius 1 is 1.11 bits per heavy atom. The lowest BCUT2D eigenvalue weighted by Gasteiger charge is -2.07. The molecule has 0 aliphatic rings. The summed E-state index contributed by atoms with van der Waals surface area (Å²) in [7, 11) is 1.72. The van der Waals surface area contributed by atoms with Crippen molar-refractivity contribution in [2.24, 2.45) is 0 Å². The number of hydrogen-bond donors (Lipinski definition) is 2. The van der Waals surface area contributed by atoms with Gasteiger partial charge in [-0.2, -0.15) is 0 Å². The molecular formula is C20H39NO6. The maximum Gasteiger partial charge on any atom is 0.300 e. The van der Waals surface area contributed by atoms with Crippen molar-refractivity contribution in [2.45, 2.75) is 79.8 Å². The molecule has 0 aliphatic heterocycles. The van der Waals surface area contributed by atoms with E-state index in [0.29, 0.717) is 0 Å². The second-order valence-electron chi connectivity index (χ2n) is 5.46. The molecule has 0 saturated heterocycles. The van der Waals surface area contributed by atoms with E-state index in [4.69, 9.17) is 30.0 Å². The Hall–Kier alpha value is -2.15. The van der Waals surface area contributed by atoms with E-state index >= 15 is 0 Å². The predicted octanol–water partition coefficient (Wildman–Crippen LogP) is 6.14. The highest BCUT2D eigenvalue weighted by Crippen LogP contribution is 2.13. The van der Waals surface area contributed by atoms with E-state index in [1.807, 2.05) is 25.1 Å². The van der Waals surface area contributed by atoms with Gasteiger partial charge in [-0.1, -0.05) is 90.1 Å². The first-order valence-corrected chi connectivity index (χ1v) is 9.24. The van der Waals surface area contributed by atoms with E-state index in [2.05, 4.69) is 39.8 Å². The van der Waals surface area contributed by atoms with Crippen LogP contribution < -0.4 is 0 Å². The van der Waals surface area contributed by atoms with Crippen LogP contribution in [0, 0.1) is 10.1 Å². The molecule has 0 aromatic heterocycles. The zero-order valence-electron chi connectivity index (χ0n) is 18.0. The van der Waals surface area contributed by atoms with Crippen LogP contribution in [0.4, 0.5) is 0 Å². The zero-order chi connectivity index (χ0) is 22.1. The minimum absolute atomic E-state index is 0.209. The third kappa shape index (κ3) is 51.6. The first-order valence-electron chi connectivity index (χ1n) is 9.24. The second kappa shape index (κ2) is 28.6. The Kier molecular flexibility index (Phi) is 34.5. The fourth-order valence-electron chi connectivity index (χ4n) is 1.36. The SMILES string of the molecule is CC(=O)O.CCC.CCCCCC.COC(C)c1ccccc1.O=[N+]([O-])O. The summed E-state index contributed by atoms with van der Waals surface area (Å²) in [6.07, 6.45) is 7.00. The molecular weight excluding hydrogens is 350 g/mol. The van der Waals surface area contributed by atoms with Gasteiger partial charge in [0, 0.05) is 14.0 Å². The molecule has 1 unspecified atom stereocenters. The largest absolute Gasteiger partial charge is 0.481 e. The summed E-state index contributed by atoms with van der Waals surface area (Å²) in [4.78, 5) is 17.4. The van der Waals surface area contributed by atoms with Crippen molar-refractivity contribution >= 4 is 5.97 Å². The molecule has 0 radical (unpaired) electrons. The molecule has 160 valence electrons.